The average molecular weight is 338 g/mol. The van der Waals surface area contributed by atoms with Gasteiger partial charge in [-0.05, 0) is 37.2 Å². The van der Waals surface area contributed by atoms with Gasteiger partial charge >= 0.3 is 0 Å². The van der Waals surface area contributed by atoms with Gasteiger partial charge in [0.2, 0.25) is 5.76 Å². The maximum atomic E-state index is 13.0. The second-order valence-corrected chi connectivity index (χ2v) is 7.51. The predicted molar refractivity (Wildman–Crippen MR) is 91.2 cm³/mol. The van der Waals surface area contributed by atoms with Crippen molar-refractivity contribution < 1.29 is 14.1 Å². The summed E-state index contributed by atoms with van der Waals surface area (Å²) in [4.78, 5) is 14.8. The van der Waals surface area contributed by atoms with Crippen LogP contribution >= 0.6 is 0 Å². The van der Waals surface area contributed by atoms with Gasteiger partial charge in [-0.1, -0.05) is 35.5 Å². The number of carbonyl (C=O) groups excluding carboxylic acids is 1. The minimum Gasteiger partial charge on any atom is -0.366 e. The average Bonchev–Trinajstić information content (AvgIpc) is 3.60. The van der Waals surface area contributed by atoms with Gasteiger partial charge in [-0.2, -0.15) is 0 Å². The van der Waals surface area contributed by atoms with E-state index in [4.69, 9.17) is 9.26 Å². The van der Waals surface area contributed by atoms with Crippen molar-refractivity contribution in [3.8, 4) is 0 Å². The Labute approximate surface area is 146 Å². The summed E-state index contributed by atoms with van der Waals surface area (Å²) in [6, 6.07) is 12.0. The van der Waals surface area contributed by atoms with Crippen molar-refractivity contribution in [3.05, 3.63) is 53.4 Å². The fourth-order valence-electron chi connectivity index (χ4n) is 3.65. The molecule has 0 spiro atoms. The van der Waals surface area contributed by atoms with E-state index in [2.05, 4.69) is 17.3 Å². The Morgan fingerprint density at radius 1 is 1.08 bits per heavy atom. The number of benzene rings is 1. The molecule has 0 bridgehead atoms. The highest BCUT2D eigenvalue weighted by atomic mass is 16.5. The molecule has 5 rings (SSSR count). The molecular weight excluding hydrogens is 316 g/mol. The topological polar surface area (TPSA) is 55.6 Å². The summed E-state index contributed by atoms with van der Waals surface area (Å²) in [5.41, 5.74) is 2.05. The van der Waals surface area contributed by atoms with Crippen LogP contribution in [-0.2, 0) is 4.74 Å². The molecule has 0 unspecified atom stereocenters. The molecule has 3 aliphatic rings. The summed E-state index contributed by atoms with van der Waals surface area (Å²) in [6.07, 6.45) is 4.74. The molecule has 1 aromatic heterocycles. The molecule has 1 amide bonds. The highest BCUT2D eigenvalue weighted by molar-refractivity contribution is 5.91. The first-order valence-electron chi connectivity index (χ1n) is 9.24. The molecule has 0 radical (unpaired) electrons. The highest BCUT2D eigenvalue weighted by Crippen LogP contribution is 2.41. The van der Waals surface area contributed by atoms with E-state index in [1.807, 2.05) is 29.2 Å². The number of hydrogen-bond acceptors (Lipinski definition) is 4. The van der Waals surface area contributed by atoms with E-state index < -0.39 is 0 Å². The summed E-state index contributed by atoms with van der Waals surface area (Å²) in [6.45, 7) is 1.21. The molecule has 1 saturated heterocycles. The van der Waals surface area contributed by atoms with Crippen LogP contribution in [0, 0.1) is 5.92 Å². The van der Waals surface area contributed by atoms with Crippen LogP contribution in [0.2, 0.25) is 0 Å². The lowest BCUT2D eigenvalue weighted by atomic mass is 10.0. The van der Waals surface area contributed by atoms with Crippen molar-refractivity contribution in [1.29, 1.82) is 0 Å². The van der Waals surface area contributed by atoms with Crippen LogP contribution in [0.4, 0.5) is 0 Å². The molecular formula is C20H22N2O3. The van der Waals surface area contributed by atoms with Crippen LogP contribution in [0.15, 0.2) is 40.9 Å². The van der Waals surface area contributed by atoms with E-state index in [1.54, 1.807) is 0 Å². The third-order valence-corrected chi connectivity index (χ3v) is 5.47. The molecule has 0 N–H and O–H groups in total. The van der Waals surface area contributed by atoms with Gasteiger partial charge in [0.15, 0.2) is 0 Å². The standard InChI is InChI=1S/C20H22N2O3/c23-20(17-10-16(21-25-17)13-6-7-13)22-11-18(14-4-2-1-3-5-14)24-19(12-22)15-8-9-15/h1-5,10,13,15,18-19H,6-9,11-12H2/t18-,19+/m0/s1. The molecule has 2 heterocycles. The van der Waals surface area contributed by atoms with E-state index >= 15 is 0 Å². The summed E-state index contributed by atoms with van der Waals surface area (Å²) in [7, 11) is 0. The fraction of sp³-hybridized carbons (Fsp3) is 0.500. The molecule has 1 aliphatic heterocycles. The Bertz CT molecular complexity index is 764. The van der Waals surface area contributed by atoms with Gasteiger partial charge in [0.05, 0.1) is 18.3 Å². The minimum absolute atomic E-state index is 0.0609. The summed E-state index contributed by atoms with van der Waals surface area (Å²) in [5, 5.41) is 4.08. The van der Waals surface area contributed by atoms with Crippen LogP contribution in [0.1, 0.15) is 59.5 Å². The largest absolute Gasteiger partial charge is 0.366 e. The Hall–Kier alpha value is -2.14. The van der Waals surface area contributed by atoms with Crippen molar-refractivity contribution in [3.63, 3.8) is 0 Å². The maximum Gasteiger partial charge on any atom is 0.292 e. The number of amides is 1. The number of morpholine rings is 1. The SMILES string of the molecule is O=C(c1cc(C2CC2)no1)N1C[C@@H](c2ccccc2)O[C@@H](C2CC2)C1. The Kier molecular flexibility index (Phi) is 3.63. The molecule has 5 nitrogen and oxygen atoms in total. The molecule has 3 fully saturated rings. The quantitative estimate of drug-likeness (QED) is 0.855. The zero-order valence-corrected chi connectivity index (χ0v) is 14.1. The van der Waals surface area contributed by atoms with Gasteiger partial charge in [-0.25, -0.2) is 0 Å². The lowest BCUT2D eigenvalue weighted by molar-refractivity contribution is -0.0869. The minimum atomic E-state index is -0.0738. The molecule has 25 heavy (non-hydrogen) atoms. The fourth-order valence-corrected chi connectivity index (χ4v) is 3.65. The Morgan fingerprint density at radius 2 is 1.88 bits per heavy atom. The Morgan fingerprint density at radius 3 is 2.60 bits per heavy atom. The first kappa shape index (κ1) is 15.1. The number of ether oxygens (including phenoxy) is 1. The van der Waals surface area contributed by atoms with Crippen LogP contribution < -0.4 is 0 Å². The van der Waals surface area contributed by atoms with Gasteiger partial charge in [-0.15, -0.1) is 0 Å². The molecule has 2 aromatic rings. The number of hydrogen-bond donors (Lipinski definition) is 0. The van der Waals surface area contributed by atoms with Crippen LogP contribution in [0.25, 0.3) is 0 Å². The molecule has 5 heteroatoms. The predicted octanol–water partition coefficient (Wildman–Crippen LogP) is 3.54. The first-order valence-corrected chi connectivity index (χ1v) is 9.24. The zero-order valence-electron chi connectivity index (χ0n) is 14.1. The number of nitrogens with zero attached hydrogens (tertiary/aromatic N) is 2. The van der Waals surface area contributed by atoms with E-state index in [-0.39, 0.29) is 18.1 Å². The van der Waals surface area contributed by atoms with Gasteiger partial charge in [0, 0.05) is 18.5 Å². The second-order valence-electron chi connectivity index (χ2n) is 7.51. The van der Waals surface area contributed by atoms with Crippen LogP contribution in [0.3, 0.4) is 0 Å². The molecule has 2 atom stereocenters. The van der Waals surface area contributed by atoms with E-state index in [0.717, 1.165) is 24.1 Å². The Balaban J connectivity index is 1.37. The van der Waals surface area contributed by atoms with Crippen LogP contribution in [0.5, 0.6) is 0 Å². The zero-order chi connectivity index (χ0) is 16.8. The molecule has 2 saturated carbocycles. The number of rotatable bonds is 4. The summed E-state index contributed by atoms with van der Waals surface area (Å²) >= 11 is 0. The van der Waals surface area contributed by atoms with Crippen molar-refractivity contribution in [2.24, 2.45) is 5.92 Å². The second kappa shape index (κ2) is 5.99. The van der Waals surface area contributed by atoms with Crippen LogP contribution in [-0.4, -0.2) is 35.2 Å². The molecule has 2 aliphatic carbocycles. The monoisotopic (exact) mass is 338 g/mol. The van der Waals surface area contributed by atoms with Gasteiger partial charge in [0.25, 0.3) is 5.91 Å². The van der Waals surface area contributed by atoms with Gasteiger partial charge in [0.1, 0.15) is 6.10 Å². The summed E-state index contributed by atoms with van der Waals surface area (Å²) < 4.78 is 11.7. The maximum absolute atomic E-state index is 13.0. The van der Waals surface area contributed by atoms with E-state index in [9.17, 15) is 4.79 Å². The highest BCUT2D eigenvalue weighted by Gasteiger charge is 2.41. The first-order chi connectivity index (χ1) is 12.3. The number of carbonyl (C=O) groups is 1. The van der Waals surface area contributed by atoms with E-state index in [1.165, 1.54) is 12.8 Å². The molecule has 1 aromatic carbocycles. The van der Waals surface area contributed by atoms with Crippen molar-refractivity contribution >= 4 is 5.91 Å². The van der Waals surface area contributed by atoms with Crippen molar-refractivity contribution in [2.45, 2.75) is 43.8 Å². The molecule has 130 valence electrons. The third-order valence-electron chi connectivity index (χ3n) is 5.47. The lowest BCUT2D eigenvalue weighted by Gasteiger charge is -2.38. The van der Waals surface area contributed by atoms with Crippen molar-refractivity contribution in [2.75, 3.05) is 13.1 Å². The normalized spacial score (nSPS) is 26.6. The van der Waals surface area contributed by atoms with Gasteiger partial charge in [-0.3, -0.25) is 4.79 Å². The number of aromatic nitrogens is 1. The summed E-state index contributed by atoms with van der Waals surface area (Å²) in [5.74, 6) is 1.38. The van der Waals surface area contributed by atoms with Crippen molar-refractivity contribution in [1.82, 2.24) is 10.1 Å². The van der Waals surface area contributed by atoms with E-state index in [0.29, 0.717) is 30.7 Å². The van der Waals surface area contributed by atoms with Gasteiger partial charge < -0.3 is 14.2 Å². The smallest absolute Gasteiger partial charge is 0.292 e. The lowest BCUT2D eigenvalue weighted by Crippen LogP contribution is -2.47. The third kappa shape index (κ3) is 3.09.